The molecule has 0 aromatic rings. The first-order valence-electron chi connectivity index (χ1n) is 4.22. The van der Waals surface area contributed by atoms with Crippen molar-refractivity contribution >= 4 is 11.9 Å². The number of nitrogens with zero attached hydrogens (tertiary/aromatic N) is 1. The molecular weight excluding hydrogens is 188 g/mol. The first kappa shape index (κ1) is 15.3. The van der Waals surface area contributed by atoms with Crippen molar-refractivity contribution in [1.29, 1.82) is 0 Å². The van der Waals surface area contributed by atoms with Crippen LogP contribution in [0.15, 0.2) is 0 Å². The van der Waals surface area contributed by atoms with E-state index in [9.17, 15) is 9.59 Å². The Kier molecular flexibility index (Phi) is 10.9. The van der Waals surface area contributed by atoms with Crippen molar-refractivity contribution in [1.82, 2.24) is 5.01 Å². The van der Waals surface area contributed by atoms with Crippen LogP contribution in [0.5, 0.6) is 0 Å². The summed E-state index contributed by atoms with van der Waals surface area (Å²) in [4.78, 5) is 19.8. The molecule has 14 heavy (non-hydrogen) atoms. The summed E-state index contributed by atoms with van der Waals surface area (Å²) in [5.74, 6) is 3.20. The van der Waals surface area contributed by atoms with Crippen molar-refractivity contribution in [3.05, 3.63) is 0 Å². The van der Waals surface area contributed by atoms with Crippen LogP contribution in [0.25, 0.3) is 0 Å². The first-order chi connectivity index (χ1) is 6.36. The lowest BCUT2D eigenvalue weighted by Crippen LogP contribution is -2.18. The van der Waals surface area contributed by atoms with E-state index < -0.39 is 11.9 Å². The Balaban J connectivity index is 0. The Hall–Kier alpha value is -1.14. The smallest absolute Gasteiger partial charge is 0.303 e. The molecule has 0 unspecified atom stereocenters. The molecule has 0 aliphatic rings. The number of carboxylic acids is 2. The number of hydrazine groups is 1. The van der Waals surface area contributed by atoms with E-state index in [0.29, 0.717) is 12.8 Å². The van der Waals surface area contributed by atoms with Gasteiger partial charge in [0, 0.05) is 26.9 Å². The zero-order chi connectivity index (χ0) is 11.6. The van der Waals surface area contributed by atoms with Crippen LogP contribution in [0, 0.1) is 0 Å². The Labute approximate surface area is 83.3 Å². The summed E-state index contributed by atoms with van der Waals surface area (Å²) in [6.07, 6.45) is 1.02. The van der Waals surface area contributed by atoms with Crippen LogP contribution in [0.2, 0.25) is 0 Å². The zero-order valence-corrected chi connectivity index (χ0v) is 8.56. The highest BCUT2D eigenvalue weighted by Gasteiger charge is 1.99. The highest BCUT2D eigenvalue weighted by molar-refractivity contribution is 5.67. The molecule has 84 valence electrons. The minimum Gasteiger partial charge on any atom is -0.481 e. The largest absolute Gasteiger partial charge is 0.481 e. The maximum absolute atomic E-state index is 9.90. The van der Waals surface area contributed by atoms with E-state index in [1.807, 2.05) is 0 Å². The van der Waals surface area contributed by atoms with Crippen LogP contribution in [0.4, 0.5) is 0 Å². The molecular formula is C8H18N2O4. The lowest BCUT2D eigenvalue weighted by Gasteiger charge is -1.92. The summed E-state index contributed by atoms with van der Waals surface area (Å²) in [7, 11) is 3.56. The highest BCUT2D eigenvalue weighted by atomic mass is 16.4. The monoisotopic (exact) mass is 206 g/mol. The van der Waals surface area contributed by atoms with Crippen LogP contribution < -0.4 is 5.84 Å². The molecule has 0 aromatic heterocycles. The molecule has 0 rings (SSSR count). The second kappa shape index (κ2) is 9.94. The lowest BCUT2D eigenvalue weighted by molar-refractivity contribution is -0.139. The van der Waals surface area contributed by atoms with Crippen molar-refractivity contribution < 1.29 is 19.8 Å². The average molecular weight is 206 g/mol. The van der Waals surface area contributed by atoms with Gasteiger partial charge in [0.1, 0.15) is 0 Å². The number of rotatable bonds is 5. The number of hydrogen-bond donors (Lipinski definition) is 3. The van der Waals surface area contributed by atoms with E-state index in [1.54, 1.807) is 14.1 Å². The predicted molar refractivity (Wildman–Crippen MR) is 51.6 cm³/mol. The summed E-state index contributed by atoms with van der Waals surface area (Å²) in [6, 6.07) is 0. The fraction of sp³-hybridized carbons (Fsp3) is 0.750. The van der Waals surface area contributed by atoms with Gasteiger partial charge in [-0.25, -0.2) is 0 Å². The average Bonchev–Trinajstić information content (AvgIpc) is 1.96. The van der Waals surface area contributed by atoms with E-state index >= 15 is 0 Å². The normalized spacial score (nSPS) is 9.14. The van der Waals surface area contributed by atoms with Gasteiger partial charge in [0.15, 0.2) is 0 Å². The van der Waals surface area contributed by atoms with Gasteiger partial charge in [-0.15, -0.1) is 0 Å². The maximum atomic E-state index is 9.90. The van der Waals surface area contributed by atoms with Gasteiger partial charge in [0.2, 0.25) is 0 Å². The zero-order valence-electron chi connectivity index (χ0n) is 8.56. The number of aliphatic carboxylic acids is 2. The van der Waals surface area contributed by atoms with Crippen molar-refractivity contribution in [3.8, 4) is 0 Å². The molecule has 0 saturated heterocycles. The summed E-state index contributed by atoms with van der Waals surface area (Å²) >= 11 is 0. The predicted octanol–water partition coefficient (Wildman–Crippen LogP) is 0.138. The molecule has 0 aromatic carbocycles. The van der Waals surface area contributed by atoms with Crippen LogP contribution in [-0.2, 0) is 9.59 Å². The number of carbonyl (C=O) groups is 2. The number of hydrogen-bond acceptors (Lipinski definition) is 4. The fourth-order valence-corrected chi connectivity index (χ4v) is 0.552. The minimum atomic E-state index is -0.870. The molecule has 0 saturated carbocycles. The van der Waals surface area contributed by atoms with Gasteiger partial charge >= 0.3 is 11.9 Å². The van der Waals surface area contributed by atoms with Crippen molar-refractivity contribution in [3.63, 3.8) is 0 Å². The Morgan fingerprint density at radius 2 is 1.29 bits per heavy atom. The second-order valence-corrected chi connectivity index (χ2v) is 2.96. The summed E-state index contributed by atoms with van der Waals surface area (Å²) in [5.41, 5.74) is 0. The van der Waals surface area contributed by atoms with Crippen molar-refractivity contribution in [2.45, 2.75) is 25.7 Å². The molecule has 6 heteroatoms. The number of unbranched alkanes of at least 4 members (excludes halogenated alkanes) is 1. The van der Waals surface area contributed by atoms with Gasteiger partial charge < -0.3 is 10.2 Å². The molecule has 0 fully saturated rings. The molecule has 6 nitrogen and oxygen atoms in total. The van der Waals surface area contributed by atoms with Gasteiger partial charge in [-0.3, -0.25) is 20.4 Å². The molecule has 0 aliphatic heterocycles. The Morgan fingerprint density at radius 1 is 1.07 bits per heavy atom. The van der Waals surface area contributed by atoms with Gasteiger partial charge in [-0.1, -0.05) is 0 Å². The highest BCUT2D eigenvalue weighted by Crippen LogP contribution is 1.98. The van der Waals surface area contributed by atoms with E-state index in [-0.39, 0.29) is 12.8 Å². The van der Waals surface area contributed by atoms with E-state index in [2.05, 4.69) is 0 Å². The Bertz CT molecular complexity index is 152. The number of carboxylic acid groups (broad SMARTS) is 2. The molecule has 0 atom stereocenters. The summed E-state index contributed by atoms with van der Waals surface area (Å²) in [5, 5.41) is 17.8. The topological polar surface area (TPSA) is 104 Å². The van der Waals surface area contributed by atoms with Crippen LogP contribution in [0.3, 0.4) is 0 Å². The van der Waals surface area contributed by atoms with Gasteiger partial charge in [0.05, 0.1) is 0 Å². The third kappa shape index (κ3) is 30.7. The van der Waals surface area contributed by atoms with E-state index in [4.69, 9.17) is 16.1 Å². The van der Waals surface area contributed by atoms with Crippen LogP contribution in [-0.4, -0.2) is 41.3 Å². The third-order valence-corrected chi connectivity index (χ3v) is 1.03. The molecule has 0 amide bonds. The quantitative estimate of drug-likeness (QED) is 0.336. The van der Waals surface area contributed by atoms with Gasteiger partial charge in [-0.05, 0) is 12.8 Å². The third-order valence-electron chi connectivity index (χ3n) is 1.03. The Morgan fingerprint density at radius 3 is 1.43 bits per heavy atom. The van der Waals surface area contributed by atoms with Crippen LogP contribution in [0.1, 0.15) is 25.7 Å². The van der Waals surface area contributed by atoms with E-state index in [0.717, 1.165) is 0 Å². The summed E-state index contributed by atoms with van der Waals surface area (Å²) in [6.45, 7) is 0. The minimum absolute atomic E-state index is 0.0628. The molecule has 0 spiro atoms. The first-order valence-corrected chi connectivity index (χ1v) is 4.22. The van der Waals surface area contributed by atoms with Gasteiger partial charge in [0.25, 0.3) is 0 Å². The molecule has 0 bridgehead atoms. The number of nitrogens with two attached hydrogens (primary N) is 1. The molecule has 0 aliphatic carbocycles. The van der Waals surface area contributed by atoms with Crippen molar-refractivity contribution in [2.24, 2.45) is 5.84 Å². The van der Waals surface area contributed by atoms with Gasteiger partial charge in [-0.2, -0.15) is 0 Å². The van der Waals surface area contributed by atoms with E-state index in [1.165, 1.54) is 5.01 Å². The summed E-state index contributed by atoms with van der Waals surface area (Å²) < 4.78 is 0. The van der Waals surface area contributed by atoms with Crippen LogP contribution >= 0.6 is 0 Å². The molecule has 4 N–H and O–H groups in total. The maximum Gasteiger partial charge on any atom is 0.303 e. The fourth-order valence-electron chi connectivity index (χ4n) is 0.552. The lowest BCUT2D eigenvalue weighted by atomic mass is 10.2. The van der Waals surface area contributed by atoms with Crippen molar-refractivity contribution in [2.75, 3.05) is 14.1 Å². The molecule has 0 radical (unpaired) electrons. The second-order valence-electron chi connectivity index (χ2n) is 2.96. The SMILES string of the molecule is CN(C)N.O=C(O)CCCCC(=O)O. The molecule has 0 heterocycles. The standard InChI is InChI=1S/C6H10O4.C2H8N2/c7-5(8)3-1-2-4-6(9)10;1-4(2)3/h1-4H2,(H,7,8)(H,9,10);3H2,1-2H3.